The number of anilines is 1. The van der Waals surface area contributed by atoms with Gasteiger partial charge in [0, 0.05) is 10.7 Å². The van der Waals surface area contributed by atoms with Gasteiger partial charge in [-0.2, -0.15) is 11.8 Å². The molecule has 1 rings (SSSR count). The van der Waals surface area contributed by atoms with Gasteiger partial charge in [0.05, 0.1) is 12.0 Å². The van der Waals surface area contributed by atoms with Gasteiger partial charge in [-0.05, 0) is 36.6 Å². The molecule has 0 aliphatic heterocycles. The van der Waals surface area contributed by atoms with Gasteiger partial charge < -0.3 is 20.5 Å². The molecule has 2 amide bonds. The molecule has 0 aliphatic carbocycles. The molecule has 0 unspecified atom stereocenters. The van der Waals surface area contributed by atoms with Gasteiger partial charge in [0.2, 0.25) is 0 Å². The highest BCUT2D eigenvalue weighted by atomic mass is 35.5. The molecule has 0 saturated heterocycles. The maximum absolute atomic E-state index is 11.6. The van der Waals surface area contributed by atoms with E-state index in [0.29, 0.717) is 22.9 Å². The number of hydrogen-bond acceptors (Lipinski definition) is 4. The van der Waals surface area contributed by atoms with Gasteiger partial charge in [-0.15, -0.1) is 0 Å². The van der Waals surface area contributed by atoms with Crippen LogP contribution in [0.5, 0.6) is 0 Å². The Morgan fingerprint density at radius 2 is 2.21 bits per heavy atom. The van der Waals surface area contributed by atoms with Crippen LogP contribution < -0.4 is 15.7 Å². The summed E-state index contributed by atoms with van der Waals surface area (Å²) in [5, 5.41) is 16.2. The molecule has 0 saturated carbocycles. The fraction of sp³-hybridized carbons (Fsp3) is 0.333. The van der Waals surface area contributed by atoms with Crippen LogP contribution in [0.4, 0.5) is 10.5 Å². The molecule has 0 aliphatic rings. The molecular weight excluding hydrogens is 288 g/mol. The summed E-state index contributed by atoms with van der Waals surface area (Å²) in [4.78, 5) is 22.5. The Morgan fingerprint density at radius 1 is 1.47 bits per heavy atom. The molecule has 1 aromatic carbocycles. The maximum atomic E-state index is 11.6. The van der Waals surface area contributed by atoms with Gasteiger partial charge in [-0.25, -0.2) is 4.79 Å². The van der Waals surface area contributed by atoms with Crippen molar-refractivity contribution < 1.29 is 14.7 Å². The molecule has 0 heterocycles. The number of hydrogen-bond donors (Lipinski definition) is 2. The quantitative estimate of drug-likeness (QED) is 0.830. The summed E-state index contributed by atoms with van der Waals surface area (Å²) < 4.78 is 0. The number of carboxylic acids is 1. The van der Waals surface area contributed by atoms with E-state index in [-0.39, 0.29) is 0 Å². The van der Waals surface area contributed by atoms with Gasteiger partial charge >= 0.3 is 6.03 Å². The third kappa shape index (κ3) is 5.85. The van der Waals surface area contributed by atoms with Crippen molar-refractivity contribution >= 4 is 41.1 Å². The first-order valence-corrected chi connectivity index (χ1v) is 7.33. The molecule has 0 aromatic heterocycles. The van der Waals surface area contributed by atoms with Crippen LogP contribution in [0.15, 0.2) is 24.3 Å². The predicted molar refractivity (Wildman–Crippen MR) is 75.4 cm³/mol. The van der Waals surface area contributed by atoms with Crippen LogP contribution in [0, 0.1) is 0 Å². The fourth-order valence-corrected chi connectivity index (χ4v) is 2.04. The Kier molecular flexibility index (Phi) is 6.52. The number of carboxylic acid groups (broad SMARTS) is 1. The van der Waals surface area contributed by atoms with Crippen molar-refractivity contribution in [3.8, 4) is 0 Å². The highest BCUT2D eigenvalue weighted by Crippen LogP contribution is 2.14. The standard InChI is InChI=1S/C12H15ClN2O3S/c1-19-6-5-10(11(16)17)15-12(18)14-9-4-2-3-8(13)7-9/h2-4,7,10H,5-6H2,1H3,(H,16,17)(H2,14,15,18)/p-1/t10-/m0/s1. The van der Waals surface area contributed by atoms with Crippen LogP contribution in [0.25, 0.3) is 0 Å². The lowest BCUT2D eigenvalue weighted by molar-refractivity contribution is -0.308. The average Bonchev–Trinajstić information content (AvgIpc) is 2.34. The number of amides is 2. The van der Waals surface area contributed by atoms with Crippen molar-refractivity contribution in [1.82, 2.24) is 5.32 Å². The summed E-state index contributed by atoms with van der Waals surface area (Å²) in [7, 11) is 0. The summed E-state index contributed by atoms with van der Waals surface area (Å²) in [6, 6.07) is 4.97. The minimum atomic E-state index is -1.30. The van der Waals surface area contributed by atoms with E-state index in [1.165, 1.54) is 11.8 Å². The number of carbonyl (C=O) groups excluding carboxylic acids is 2. The molecule has 5 nitrogen and oxygen atoms in total. The van der Waals surface area contributed by atoms with Gasteiger partial charge in [-0.1, -0.05) is 17.7 Å². The van der Waals surface area contributed by atoms with Crippen molar-refractivity contribution in [3.05, 3.63) is 29.3 Å². The second-order valence-electron chi connectivity index (χ2n) is 3.76. The monoisotopic (exact) mass is 301 g/mol. The summed E-state index contributed by atoms with van der Waals surface area (Å²) >= 11 is 7.27. The number of halogens is 1. The SMILES string of the molecule is CSCC[C@H](NC(=O)Nc1cccc(Cl)c1)C(=O)[O-]. The summed E-state index contributed by atoms with van der Waals surface area (Å²) in [6.07, 6.45) is 2.17. The second kappa shape index (κ2) is 7.91. The molecule has 1 atom stereocenters. The molecule has 0 radical (unpaired) electrons. The molecule has 2 N–H and O–H groups in total. The molecule has 19 heavy (non-hydrogen) atoms. The lowest BCUT2D eigenvalue weighted by Crippen LogP contribution is -2.49. The first-order valence-electron chi connectivity index (χ1n) is 5.56. The van der Waals surface area contributed by atoms with Crippen molar-refractivity contribution in [3.63, 3.8) is 0 Å². The molecular formula is C12H14ClN2O3S-. The minimum absolute atomic E-state index is 0.312. The smallest absolute Gasteiger partial charge is 0.319 e. The highest BCUT2D eigenvalue weighted by Gasteiger charge is 2.13. The van der Waals surface area contributed by atoms with Crippen LogP contribution in [0.3, 0.4) is 0 Å². The van der Waals surface area contributed by atoms with E-state index in [4.69, 9.17) is 11.6 Å². The van der Waals surface area contributed by atoms with E-state index in [9.17, 15) is 14.7 Å². The largest absolute Gasteiger partial charge is 0.548 e. The Bertz CT molecular complexity index is 456. The Labute approximate surface area is 120 Å². The lowest BCUT2D eigenvalue weighted by Gasteiger charge is -2.19. The number of thioether (sulfide) groups is 1. The van der Waals surface area contributed by atoms with Crippen LogP contribution >= 0.6 is 23.4 Å². The van der Waals surface area contributed by atoms with Gasteiger partial charge in [0.15, 0.2) is 0 Å². The predicted octanol–water partition coefficient (Wildman–Crippen LogP) is 1.33. The highest BCUT2D eigenvalue weighted by molar-refractivity contribution is 7.98. The third-order valence-electron chi connectivity index (χ3n) is 2.28. The lowest BCUT2D eigenvalue weighted by atomic mass is 10.2. The Morgan fingerprint density at radius 3 is 2.79 bits per heavy atom. The van der Waals surface area contributed by atoms with Crippen LogP contribution in [-0.4, -0.2) is 30.1 Å². The van der Waals surface area contributed by atoms with Crippen LogP contribution in [-0.2, 0) is 4.79 Å². The number of nitrogens with one attached hydrogen (secondary N) is 2. The van der Waals surface area contributed by atoms with Crippen molar-refractivity contribution in [1.29, 1.82) is 0 Å². The average molecular weight is 302 g/mol. The van der Waals surface area contributed by atoms with Gasteiger partial charge in [-0.3, -0.25) is 0 Å². The number of urea groups is 1. The maximum Gasteiger partial charge on any atom is 0.319 e. The van der Waals surface area contributed by atoms with Crippen molar-refractivity contribution in [2.24, 2.45) is 0 Å². The molecule has 0 spiro atoms. The van der Waals surface area contributed by atoms with E-state index in [1.807, 2.05) is 6.26 Å². The first kappa shape index (κ1) is 15.7. The number of aliphatic carboxylic acids is 1. The van der Waals surface area contributed by atoms with E-state index < -0.39 is 18.0 Å². The second-order valence-corrected chi connectivity index (χ2v) is 5.18. The summed E-state index contributed by atoms with van der Waals surface area (Å²) in [5.41, 5.74) is 0.493. The van der Waals surface area contributed by atoms with Gasteiger partial charge in [0.25, 0.3) is 0 Å². The number of rotatable bonds is 6. The minimum Gasteiger partial charge on any atom is -0.548 e. The van der Waals surface area contributed by atoms with E-state index >= 15 is 0 Å². The summed E-state index contributed by atoms with van der Waals surface area (Å²) in [5.74, 6) is -0.675. The molecule has 7 heteroatoms. The number of benzene rings is 1. The van der Waals surface area contributed by atoms with Crippen molar-refractivity contribution in [2.45, 2.75) is 12.5 Å². The van der Waals surface area contributed by atoms with E-state index in [0.717, 1.165) is 0 Å². The third-order valence-corrected chi connectivity index (χ3v) is 3.16. The van der Waals surface area contributed by atoms with E-state index in [1.54, 1.807) is 24.3 Å². The summed E-state index contributed by atoms with van der Waals surface area (Å²) in [6.45, 7) is 0. The first-order chi connectivity index (χ1) is 9.02. The van der Waals surface area contributed by atoms with E-state index in [2.05, 4.69) is 10.6 Å². The molecule has 0 fully saturated rings. The molecule has 0 bridgehead atoms. The Balaban J connectivity index is 2.55. The van der Waals surface area contributed by atoms with Crippen molar-refractivity contribution in [2.75, 3.05) is 17.3 Å². The fourth-order valence-electron chi connectivity index (χ4n) is 1.38. The Hall–Kier alpha value is -1.40. The van der Waals surface area contributed by atoms with Crippen LogP contribution in [0.1, 0.15) is 6.42 Å². The zero-order chi connectivity index (χ0) is 14.3. The molecule has 1 aromatic rings. The zero-order valence-electron chi connectivity index (χ0n) is 10.3. The van der Waals surface area contributed by atoms with Gasteiger partial charge in [0.1, 0.15) is 0 Å². The normalized spacial score (nSPS) is 11.7. The zero-order valence-corrected chi connectivity index (χ0v) is 11.9. The number of carbonyl (C=O) groups is 2. The van der Waals surface area contributed by atoms with Crippen LogP contribution in [0.2, 0.25) is 5.02 Å². The topological polar surface area (TPSA) is 81.3 Å². The molecule has 104 valence electrons.